The molecule has 10 heteroatoms. The van der Waals surface area contributed by atoms with Gasteiger partial charge in [-0.2, -0.15) is 14.9 Å². The van der Waals surface area contributed by atoms with Gasteiger partial charge in [-0.3, -0.25) is 14.6 Å². The van der Waals surface area contributed by atoms with Crippen molar-refractivity contribution >= 4 is 28.1 Å². The second-order valence-electron chi connectivity index (χ2n) is 5.40. The normalized spacial score (nSPS) is 11.0. The second kappa shape index (κ2) is 7.40. The van der Waals surface area contributed by atoms with Crippen molar-refractivity contribution in [1.29, 1.82) is 0 Å². The lowest BCUT2D eigenvalue weighted by molar-refractivity contribution is 0.0947. The van der Waals surface area contributed by atoms with Crippen LogP contribution in [0.3, 0.4) is 0 Å². The molecule has 0 aliphatic heterocycles. The van der Waals surface area contributed by atoms with E-state index in [9.17, 15) is 9.59 Å². The predicted octanol–water partition coefficient (Wildman–Crippen LogP) is 1.49. The van der Waals surface area contributed by atoms with Gasteiger partial charge in [0.1, 0.15) is 11.4 Å². The number of aryl methyl sites for hydroxylation is 2. The molecule has 2 N–H and O–H groups in total. The van der Waals surface area contributed by atoms with Crippen LogP contribution in [0.25, 0.3) is 5.95 Å². The van der Waals surface area contributed by atoms with Crippen molar-refractivity contribution in [3.8, 4) is 5.95 Å². The Hall–Kier alpha value is -3.14. The quantitative estimate of drug-likeness (QED) is 0.494. The van der Waals surface area contributed by atoms with Gasteiger partial charge in [0.05, 0.1) is 11.9 Å². The molecule has 9 nitrogen and oxygen atoms in total. The molecule has 0 aliphatic carbocycles. The van der Waals surface area contributed by atoms with Crippen LogP contribution >= 0.6 is 15.9 Å². The number of H-pyrrole nitrogens is 1. The molecule has 0 fully saturated rings. The topological polar surface area (TPSA) is 118 Å². The lowest BCUT2D eigenvalue weighted by Crippen LogP contribution is -2.24. The number of carbonyl (C=O) groups is 1. The molecule has 2 heterocycles. The van der Waals surface area contributed by atoms with E-state index < -0.39 is 11.5 Å². The number of nitrogens with one attached hydrogen (secondary N) is 2. The maximum atomic E-state index is 12.4. The monoisotopic (exact) mass is 415 g/mol. The SMILES string of the molecule is Cc1cc(C(=O)N/N=C\c2cccc(Br)c2)n(-c2nnc(C)c(=O)[nH]2)n1. The van der Waals surface area contributed by atoms with Crippen LogP contribution in [0.1, 0.15) is 27.4 Å². The molecule has 1 aromatic carbocycles. The van der Waals surface area contributed by atoms with Crippen molar-refractivity contribution in [2.75, 3.05) is 0 Å². The highest BCUT2D eigenvalue weighted by molar-refractivity contribution is 9.10. The van der Waals surface area contributed by atoms with E-state index in [0.717, 1.165) is 10.0 Å². The lowest BCUT2D eigenvalue weighted by atomic mass is 10.2. The van der Waals surface area contributed by atoms with Gasteiger partial charge in [0.15, 0.2) is 0 Å². The summed E-state index contributed by atoms with van der Waals surface area (Å²) in [6.07, 6.45) is 1.52. The summed E-state index contributed by atoms with van der Waals surface area (Å²) in [4.78, 5) is 26.7. The van der Waals surface area contributed by atoms with Gasteiger partial charge < -0.3 is 0 Å². The molecule has 3 aromatic rings. The number of hydrogen-bond donors (Lipinski definition) is 2. The first-order chi connectivity index (χ1) is 12.4. The Labute approximate surface area is 156 Å². The molecule has 0 unspecified atom stereocenters. The summed E-state index contributed by atoms with van der Waals surface area (Å²) in [5, 5.41) is 15.7. The van der Waals surface area contributed by atoms with Crippen molar-refractivity contribution in [3.63, 3.8) is 0 Å². The number of carbonyl (C=O) groups excluding carboxylic acids is 1. The first-order valence-electron chi connectivity index (χ1n) is 7.53. The van der Waals surface area contributed by atoms with Gasteiger partial charge in [0.25, 0.3) is 17.4 Å². The highest BCUT2D eigenvalue weighted by atomic mass is 79.9. The van der Waals surface area contributed by atoms with E-state index in [2.05, 4.69) is 46.7 Å². The summed E-state index contributed by atoms with van der Waals surface area (Å²) in [6.45, 7) is 3.26. The first kappa shape index (κ1) is 17.7. The molecule has 0 radical (unpaired) electrons. The highest BCUT2D eigenvalue weighted by Gasteiger charge is 2.17. The number of aromatic nitrogens is 5. The van der Waals surface area contributed by atoms with Gasteiger partial charge in [-0.25, -0.2) is 5.43 Å². The number of aromatic amines is 1. The van der Waals surface area contributed by atoms with Crippen LogP contribution < -0.4 is 11.0 Å². The van der Waals surface area contributed by atoms with Gasteiger partial charge in [0, 0.05) is 4.47 Å². The largest absolute Gasteiger partial charge is 0.290 e. The summed E-state index contributed by atoms with van der Waals surface area (Å²) in [5.74, 6) is -0.449. The van der Waals surface area contributed by atoms with Crippen molar-refractivity contribution in [1.82, 2.24) is 30.4 Å². The maximum absolute atomic E-state index is 12.4. The summed E-state index contributed by atoms with van der Waals surface area (Å²) >= 11 is 3.37. The van der Waals surface area contributed by atoms with Crippen LogP contribution in [-0.4, -0.2) is 37.1 Å². The fraction of sp³-hybridized carbons (Fsp3) is 0.125. The molecule has 26 heavy (non-hydrogen) atoms. The van der Waals surface area contributed by atoms with Crippen LogP contribution in [0, 0.1) is 13.8 Å². The summed E-state index contributed by atoms with van der Waals surface area (Å²) in [5.41, 5.74) is 3.82. The van der Waals surface area contributed by atoms with E-state index in [1.54, 1.807) is 13.0 Å². The Morgan fingerprint density at radius 2 is 2.12 bits per heavy atom. The van der Waals surface area contributed by atoms with Gasteiger partial charge in [-0.1, -0.05) is 28.1 Å². The number of amides is 1. The molecule has 1 amide bonds. The molecule has 132 valence electrons. The zero-order valence-electron chi connectivity index (χ0n) is 13.9. The van der Waals surface area contributed by atoms with E-state index in [-0.39, 0.29) is 17.3 Å². The standard InChI is InChI=1S/C16H14BrN7O2/c1-9-6-13(24(23-9)16-19-14(25)10(2)20-22-16)15(26)21-18-8-11-4-3-5-12(17)7-11/h3-8H,1-2H3,(H,21,26)(H,19,22,25)/b18-8-. The third-order valence-corrected chi connectivity index (χ3v) is 3.84. The molecule has 0 saturated carbocycles. The number of hydrazone groups is 1. The van der Waals surface area contributed by atoms with Crippen LogP contribution in [-0.2, 0) is 0 Å². The van der Waals surface area contributed by atoms with Gasteiger partial charge in [-0.15, -0.1) is 10.2 Å². The van der Waals surface area contributed by atoms with Crippen molar-refractivity contribution < 1.29 is 4.79 Å². The van der Waals surface area contributed by atoms with Crippen LogP contribution in [0.4, 0.5) is 0 Å². The minimum atomic E-state index is -0.500. The van der Waals surface area contributed by atoms with Gasteiger partial charge >= 0.3 is 0 Å². The third kappa shape index (κ3) is 3.91. The third-order valence-electron chi connectivity index (χ3n) is 3.34. The Morgan fingerprint density at radius 1 is 1.31 bits per heavy atom. The predicted molar refractivity (Wildman–Crippen MR) is 98.5 cm³/mol. The molecule has 0 bridgehead atoms. The van der Waals surface area contributed by atoms with Crippen LogP contribution in [0.5, 0.6) is 0 Å². The fourth-order valence-electron chi connectivity index (χ4n) is 2.11. The molecular weight excluding hydrogens is 402 g/mol. The van der Waals surface area contributed by atoms with Crippen molar-refractivity contribution in [3.05, 3.63) is 67.8 Å². The van der Waals surface area contributed by atoms with Crippen molar-refractivity contribution in [2.24, 2.45) is 5.10 Å². The Balaban J connectivity index is 1.84. The van der Waals surface area contributed by atoms with Crippen LogP contribution in [0.15, 0.2) is 44.7 Å². The molecule has 0 aliphatic rings. The first-order valence-corrected chi connectivity index (χ1v) is 8.33. The molecular formula is C16H14BrN7O2. The average molecular weight is 416 g/mol. The van der Waals surface area contributed by atoms with E-state index in [0.29, 0.717) is 5.69 Å². The molecule has 0 spiro atoms. The van der Waals surface area contributed by atoms with Crippen LogP contribution in [0.2, 0.25) is 0 Å². The molecule has 2 aromatic heterocycles. The zero-order valence-corrected chi connectivity index (χ0v) is 15.5. The number of halogens is 1. The molecule has 0 atom stereocenters. The number of rotatable bonds is 4. The average Bonchev–Trinajstić information content (AvgIpc) is 2.99. The van der Waals surface area contributed by atoms with E-state index in [4.69, 9.17) is 0 Å². The Morgan fingerprint density at radius 3 is 2.85 bits per heavy atom. The molecule has 3 rings (SSSR count). The van der Waals surface area contributed by atoms with Crippen molar-refractivity contribution in [2.45, 2.75) is 13.8 Å². The number of nitrogens with zero attached hydrogens (tertiary/aromatic N) is 5. The van der Waals surface area contributed by atoms with Gasteiger partial charge in [0.2, 0.25) is 0 Å². The second-order valence-corrected chi connectivity index (χ2v) is 6.32. The minimum Gasteiger partial charge on any atom is -0.288 e. The lowest BCUT2D eigenvalue weighted by Gasteiger charge is -2.04. The fourth-order valence-corrected chi connectivity index (χ4v) is 2.53. The van der Waals surface area contributed by atoms with Gasteiger partial charge in [-0.05, 0) is 37.6 Å². The zero-order chi connectivity index (χ0) is 18.7. The van der Waals surface area contributed by atoms with E-state index in [1.165, 1.54) is 17.8 Å². The Kier molecular flexibility index (Phi) is 5.03. The Bertz CT molecular complexity index is 1050. The van der Waals surface area contributed by atoms with E-state index in [1.807, 2.05) is 24.3 Å². The smallest absolute Gasteiger partial charge is 0.288 e. The molecule has 0 saturated heterocycles. The highest BCUT2D eigenvalue weighted by Crippen LogP contribution is 2.10. The summed E-state index contributed by atoms with van der Waals surface area (Å²) in [7, 11) is 0. The summed E-state index contributed by atoms with van der Waals surface area (Å²) in [6, 6.07) is 9.01. The minimum absolute atomic E-state index is 0.0508. The van der Waals surface area contributed by atoms with E-state index >= 15 is 0 Å². The maximum Gasteiger partial charge on any atom is 0.290 e. The summed E-state index contributed by atoms with van der Waals surface area (Å²) < 4.78 is 2.12. The number of benzene rings is 1. The number of hydrogen-bond acceptors (Lipinski definition) is 6.